The molecule has 38 heavy (non-hydrogen) atoms. The molecule has 0 heteroatoms. The average molecular weight is 473 g/mol. The van der Waals surface area contributed by atoms with Crippen molar-refractivity contribution >= 4 is 118 Å². The van der Waals surface area contributed by atoms with Crippen LogP contribution in [-0.4, -0.2) is 0 Å². The molecular weight excluding hydrogens is 456 g/mol. The Morgan fingerprint density at radius 1 is 0.211 bits per heavy atom. The van der Waals surface area contributed by atoms with Crippen LogP contribution in [0.2, 0.25) is 0 Å². The van der Waals surface area contributed by atoms with Crippen LogP contribution in [-0.2, 0) is 0 Å². The van der Waals surface area contributed by atoms with Crippen molar-refractivity contribution in [3.05, 3.63) is 97.1 Å². The summed E-state index contributed by atoms with van der Waals surface area (Å²) in [6.07, 6.45) is 0. The zero-order valence-electron chi connectivity index (χ0n) is 20.2. The summed E-state index contributed by atoms with van der Waals surface area (Å²) in [5.74, 6) is 0. The molecule has 0 saturated heterocycles. The fourth-order valence-corrected chi connectivity index (χ4v) is 8.90. The van der Waals surface area contributed by atoms with E-state index >= 15 is 0 Å². The summed E-state index contributed by atoms with van der Waals surface area (Å²) in [5, 5.41) is 31.4. The van der Waals surface area contributed by atoms with Gasteiger partial charge >= 0.3 is 0 Å². The Morgan fingerprint density at radius 3 is 0.921 bits per heavy atom. The predicted molar refractivity (Wildman–Crippen MR) is 166 cm³/mol. The topological polar surface area (TPSA) is 0 Å². The number of hydrogen-bond acceptors (Lipinski definition) is 0. The van der Waals surface area contributed by atoms with Gasteiger partial charge in [-0.25, -0.2) is 0 Å². The summed E-state index contributed by atoms with van der Waals surface area (Å²) in [6, 6.07) is 37.2. The number of benzene rings is 8. The Kier molecular flexibility index (Phi) is 2.40. The van der Waals surface area contributed by atoms with Gasteiger partial charge in [0, 0.05) is 0 Å². The first-order valence-electron chi connectivity index (χ1n) is 13.5. The quantitative estimate of drug-likeness (QED) is 0.193. The van der Waals surface area contributed by atoms with E-state index in [0.29, 0.717) is 0 Å². The van der Waals surface area contributed by atoms with E-state index in [-0.39, 0.29) is 0 Å². The van der Waals surface area contributed by atoms with Crippen molar-refractivity contribution in [2.75, 3.05) is 0 Å². The molecule has 0 radical (unpaired) electrons. The Balaban J connectivity index is 1.62. The summed E-state index contributed by atoms with van der Waals surface area (Å²) in [5.41, 5.74) is 0. The standard InChI is InChI=1S/C38H16/c1-2-8-20-19(7-1)25-13-17-15-27-21-9-3-5-11-23(21)32-33-24-12-6-4-10-22(24)28-16-18-14-26(20)31(25)36-29(17)37(34(27)32)38(30(18)36)35(28)33/h1-16H. The fourth-order valence-electron chi connectivity index (χ4n) is 8.90. The summed E-state index contributed by atoms with van der Waals surface area (Å²) in [6.45, 7) is 0. The van der Waals surface area contributed by atoms with Crippen LogP contribution < -0.4 is 0 Å². The van der Waals surface area contributed by atoms with Crippen LogP contribution in [0.15, 0.2) is 97.1 Å². The lowest BCUT2D eigenvalue weighted by atomic mass is 9.93. The molecule has 0 spiro atoms. The van der Waals surface area contributed by atoms with Gasteiger partial charge in [0.05, 0.1) is 0 Å². The molecule has 0 fully saturated rings. The van der Waals surface area contributed by atoms with E-state index in [1.54, 1.807) is 0 Å². The number of hydrogen-bond donors (Lipinski definition) is 0. The zero-order valence-corrected chi connectivity index (χ0v) is 20.2. The second-order valence-electron chi connectivity index (χ2n) is 11.5. The van der Waals surface area contributed by atoms with E-state index in [0.717, 1.165) is 0 Å². The molecular formula is C38H16. The second kappa shape index (κ2) is 5.21. The maximum Gasteiger partial charge on any atom is -0.0000688 e. The molecule has 0 bridgehead atoms. The van der Waals surface area contributed by atoms with Gasteiger partial charge in [0.15, 0.2) is 0 Å². The van der Waals surface area contributed by atoms with Crippen LogP contribution in [0, 0.1) is 0 Å². The first-order valence-corrected chi connectivity index (χ1v) is 13.5. The maximum absolute atomic E-state index is 2.51. The Hall–Kier alpha value is -4.94. The molecule has 0 N–H and O–H groups in total. The van der Waals surface area contributed by atoms with Crippen molar-refractivity contribution in [1.29, 1.82) is 0 Å². The van der Waals surface area contributed by atoms with Crippen LogP contribution >= 0.6 is 0 Å². The van der Waals surface area contributed by atoms with Crippen LogP contribution in [0.5, 0.6) is 0 Å². The van der Waals surface area contributed by atoms with Gasteiger partial charge < -0.3 is 0 Å². The first kappa shape index (κ1) is 17.5. The lowest BCUT2D eigenvalue weighted by Crippen LogP contribution is -1.79. The van der Waals surface area contributed by atoms with Crippen molar-refractivity contribution in [3.63, 3.8) is 0 Å². The normalized spacial score (nSPS) is 13.8. The molecule has 0 heterocycles. The maximum atomic E-state index is 2.51. The third-order valence-corrected chi connectivity index (χ3v) is 10.1. The van der Waals surface area contributed by atoms with E-state index in [9.17, 15) is 0 Å². The highest BCUT2D eigenvalue weighted by atomic mass is 14.3. The minimum atomic E-state index is 1.38. The molecule has 168 valence electrons. The largest absolute Gasteiger partial charge is 0.0616 e. The van der Waals surface area contributed by atoms with Gasteiger partial charge in [0.1, 0.15) is 0 Å². The van der Waals surface area contributed by atoms with Crippen LogP contribution in [0.4, 0.5) is 0 Å². The molecule has 0 aromatic heterocycles. The van der Waals surface area contributed by atoms with Crippen molar-refractivity contribution in [3.8, 4) is 0 Å². The molecule has 0 atom stereocenters. The highest BCUT2D eigenvalue weighted by Crippen LogP contribution is 2.60. The summed E-state index contributed by atoms with van der Waals surface area (Å²) >= 11 is 0. The van der Waals surface area contributed by atoms with Crippen molar-refractivity contribution in [2.24, 2.45) is 0 Å². The Labute approximate surface area is 215 Å². The van der Waals surface area contributed by atoms with E-state index in [2.05, 4.69) is 97.1 Å². The molecule has 0 amide bonds. The SMILES string of the molecule is c1ccc2c(c1)c1cc3cc4c5ccccc5c5c6c7ccccc7c7cc8cc2c1c1c3c(c45)c(c81)c76. The van der Waals surface area contributed by atoms with E-state index in [4.69, 9.17) is 0 Å². The van der Waals surface area contributed by atoms with Gasteiger partial charge in [-0.3, -0.25) is 0 Å². The van der Waals surface area contributed by atoms with Crippen LogP contribution in [0.1, 0.15) is 0 Å². The highest BCUT2D eigenvalue weighted by molar-refractivity contribution is 6.60. The van der Waals surface area contributed by atoms with Gasteiger partial charge in [-0.2, -0.15) is 0 Å². The molecule has 0 aliphatic carbocycles. The second-order valence-corrected chi connectivity index (χ2v) is 11.5. The molecule has 12 rings (SSSR count). The van der Waals surface area contributed by atoms with Crippen LogP contribution in [0.25, 0.3) is 118 Å². The molecule has 0 saturated carbocycles. The van der Waals surface area contributed by atoms with Crippen molar-refractivity contribution in [1.82, 2.24) is 0 Å². The minimum absolute atomic E-state index is 1.38. The Morgan fingerprint density at radius 2 is 0.500 bits per heavy atom. The minimum Gasteiger partial charge on any atom is -0.0616 e. The van der Waals surface area contributed by atoms with Crippen LogP contribution in [0.3, 0.4) is 0 Å². The monoisotopic (exact) mass is 472 g/mol. The summed E-state index contributed by atoms with van der Waals surface area (Å²) in [7, 11) is 0. The number of rotatable bonds is 0. The number of fused-ring (bicyclic) bond motifs is 10. The fraction of sp³-hybridized carbons (Fsp3) is 0. The molecule has 0 nitrogen and oxygen atoms in total. The van der Waals surface area contributed by atoms with Gasteiger partial charge in [0.2, 0.25) is 0 Å². The Bertz CT molecular complexity index is 2720. The lowest BCUT2D eigenvalue weighted by molar-refractivity contribution is 1.85. The van der Waals surface area contributed by atoms with Gasteiger partial charge in [-0.05, 0) is 143 Å². The van der Waals surface area contributed by atoms with Gasteiger partial charge in [-0.15, -0.1) is 0 Å². The zero-order chi connectivity index (χ0) is 24.0. The predicted octanol–water partition coefficient (Wildman–Crippen LogP) is 11.0. The summed E-state index contributed by atoms with van der Waals surface area (Å²) < 4.78 is 0. The molecule has 0 aliphatic heterocycles. The van der Waals surface area contributed by atoms with Gasteiger partial charge in [-0.1, -0.05) is 72.8 Å². The smallest absolute Gasteiger partial charge is 0.0000688 e. The summed E-state index contributed by atoms with van der Waals surface area (Å²) in [4.78, 5) is 0. The van der Waals surface area contributed by atoms with Crippen molar-refractivity contribution in [2.45, 2.75) is 0 Å². The van der Waals surface area contributed by atoms with Crippen molar-refractivity contribution < 1.29 is 0 Å². The third-order valence-electron chi connectivity index (χ3n) is 10.1. The van der Waals surface area contributed by atoms with E-state index in [1.165, 1.54) is 118 Å². The lowest BCUT2D eigenvalue weighted by Gasteiger charge is -2.08. The van der Waals surface area contributed by atoms with E-state index in [1.807, 2.05) is 0 Å². The molecule has 12 aromatic carbocycles. The third kappa shape index (κ3) is 1.52. The first-order chi connectivity index (χ1) is 18.9. The molecule has 0 aliphatic rings. The molecule has 12 aromatic rings. The average Bonchev–Trinajstić information content (AvgIpc) is 3.67. The molecule has 0 unspecified atom stereocenters. The van der Waals surface area contributed by atoms with E-state index < -0.39 is 0 Å². The van der Waals surface area contributed by atoms with Gasteiger partial charge in [0.25, 0.3) is 0 Å². The highest BCUT2D eigenvalue weighted by Gasteiger charge is 2.30.